The van der Waals surface area contributed by atoms with Crippen LogP contribution in [0.1, 0.15) is 42.5 Å². The van der Waals surface area contributed by atoms with Crippen molar-refractivity contribution < 1.29 is 23.7 Å². The third kappa shape index (κ3) is 5.49. The van der Waals surface area contributed by atoms with Crippen LogP contribution in [0.15, 0.2) is 63.9 Å². The second kappa shape index (κ2) is 12.4. The van der Waals surface area contributed by atoms with Gasteiger partial charge < -0.3 is 23.8 Å². The van der Waals surface area contributed by atoms with E-state index in [0.717, 1.165) is 0 Å². The van der Waals surface area contributed by atoms with Crippen molar-refractivity contribution >= 4 is 32.7 Å². The fourth-order valence-electron chi connectivity index (χ4n) is 4.60. The maximum absolute atomic E-state index is 14.1. The molecule has 0 fully saturated rings. The van der Waals surface area contributed by atoms with E-state index in [1.807, 2.05) is 19.9 Å². The molecule has 0 N–H and O–H groups in total. The molecule has 4 rings (SSSR count). The first-order valence-electron chi connectivity index (χ1n) is 12.8. The summed E-state index contributed by atoms with van der Waals surface area (Å²) in [4.78, 5) is 34.7. The number of methoxy groups -OCH3 is 4. The van der Waals surface area contributed by atoms with Crippen molar-refractivity contribution in [3.8, 4) is 28.7 Å². The number of rotatable bonds is 10. The molecule has 1 aromatic heterocycles. The average molecular weight is 611 g/mol. The van der Waals surface area contributed by atoms with Gasteiger partial charge in [0.15, 0.2) is 0 Å². The molecule has 0 saturated carbocycles. The van der Waals surface area contributed by atoms with Gasteiger partial charge in [-0.15, -0.1) is 0 Å². The monoisotopic (exact) mass is 609 g/mol. The van der Waals surface area contributed by atoms with E-state index >= 15 is 0 Å². The number of halogens is 1. The lowest BCUT2D eigenvalue weighted by Gasteiger charge is -2.31. The van der Waals surface area contributed by atoms with Crippen molar-refractivity contribution in [3.05, 3.63) is 80.8 Å². The van der Waals surface area contributed by atoms with Gasteiger partial charge in [0.2, 0.25) is 0 Å². The number of amides is 1. The van der Waals surface area contributed by atoms with Crippen molar-refractivity contribution in [1.29, 1.82) is 0 Å². The van der Waals surface area contributed by atoms with E-state index in [2.05, 4.69) is 15.9 Å². The normalized spacial score (nSPS) is 11.7. The summed E-state index contributed by atoms with van der Waals surface area (Å²) >= 11 is 3.61. The third-order valence-electron chi connectivity index (χ3n) is 6.66. The predicted molar refractivity (Wildman–Crippen MR) is 157 cm³/mol. The maximum atomic E-state index is 14.1. The molecule has 0 aliphatic carbocycles. The summed E-state index contributed by atoms with van der Waals surface area (Å²) in [5, 5.41) is 0.443. The Morgan fingerprint density at radius 1 is 0.950 bits per heavy atom. The van der Waals surface area contributed by atoms with E-state index in [1.54, 1.807) is 67.7 Å². The number of para-hydroxylation sites is 1. The zero-order valence-corrected chi connectivity index (χ0v) is 24.9. The summed E-state index contributed by atoms with van der Waals surface area (Å²) in [6.45, 7) is 4.28. The number of nitrogens with zero attached hydrogens (tertiary/aromatic N) is 3. The van der Waals surface area contributed by atoms with Crippen LogP contribution in [0.25, 0.3) is 16.6 Å². The van der Waals surface area contributed by atoms with Gasteiger partial charge >= 0.3 is 0 Å². The van der Waals surface area contributed by atoms with Crippen LogP contribution >= 0.6 is 15.9 Å². The fraction of sp³-hybridized carbons (Fsp3) is 0.300. The highest BCUT2D eigenvalue weighted by atomic mass is 79.9. The Balaban J connectivity index is 1.97. The molecule has 3 aromatic carbocycles. The van der Waals surface area contributed by atoms with Gasteiger partial charge in [0, 0.05) is 30.3 Å². The Kier molecular flexibility index (Phi) is 8.99. The predicted octanol–water partition coefficient (Wildman–Crippen LogP) is 5.80. The van der Waals surface area contributed by atoms with Crippen LogP contribution in [-0.2, 0) is 0 Å². The summed E-state index contributed by atoms with van der Waals surface area (Å²) in [6, 6.07) is 15.1. The molecule has 1 amide bonds. The first-order valence-corrected chi connectivity index (χ1v) is 13.5. The Hall–Kier alpha value is -4.05. The number of hydrogen-bond acceptors (Lipinski definition) is 7. The molecule has 10 heteroatoms. The second-order valence-corrected chi connectivity index (χ2v) is 9.86. The minimum atomic E-state index is -0.606. The number of benzene rings is 3. The number of aromatic nitrogens is 2. The Labute approximate surface area is 241 Å². The van der Waals surface area contributed by atoms with Crippen LogP contribution in [0.5, 0.6) is 23.0 Å². The standard InChI is InChI=1S/C30H32BrN3O6/c1-7-12-33(29(35)19-13-20(37-3)15-21(14-19)38-4)18(2)28-32-24-11-9-8-10-23(24)30(36)34(28)25-16-22(39-5)17-26(40-6)27(25)31/h8-11,13-18H,7,12H2,1-6H3. The number of carbonyl (C=O) groups excluding carboxylic acids is 1. The molecule has 1 heterocycles. The summed E-state index contributed by atoms with van der Waals surface area (Å²) in [6.07, 6.45) is 0.686. The van der Waals surface area contributed by atoms with Gasteiger partial charge in [-0.3, -0.25) is 14.2 Å². The van der Waals surface area contributed by atoms with Crippen LogP contribution in [0, 0.1) is 0 Å². The highest BCUT2D eigenvalue weighted by molar-refractivity contribution is 9.10. The van der Waals surface area contributed by atoms with Gasteiger partial charge in [0.05, 0.1) is 55.5 Å². The van der Waals surface area contributed by atoms with Crippen LogP contribution in [-0.4, -0.2) is 55.3 Å². The molecule has 0 saturated heterocycles. The topological polar surface area (TPSA) is 92.1 Å². The van der Waals surface area contributed by atoms with Crippen molar-refractivity contribution in [2.75, 3.05) is 35.0 Å². The first kappa shape index (κ1) is 28.9. The minimum absolute atomic E-state index is 0.247. The SMILES string of the molecule is CCCN(C(=O)c1cc(OC)cc(OC)c1)C(C)c1nc2ccccc2c(=O)n1-c1cc(OC)cc(OC)c1Br. The van der Waals surface area contributed by atoms with Gasteiger partial charge in [-0.1, -0.05) is 19.1 Å². The average Bonchev–Trinajstić information content (AvgIpc) is 2.99. The summed E-state index contributed by atoms with van der Waals surface area (Å²) < 4.78 is 23.9. The summed E-state index contributed by atoms with van der Waals surface area (Å²) in [5.74, 6) is 2.12. The van der Waals surface area contributed by atoms with Crippen molar-refractivity contribution in [3.63, 3.8) is 0 Å². The molecule has 0 aliphatic rings. The lowest BCUT2D eigenvalue weighted by molar-refractivity contribution is 0.0680. The second-order valence-electron chi connectivity index (χ2n) is 9.07. The molecule has 40 heavy (non-hydrogen) atoms. The van der Waals surface area contributed by atoms with Crippen molar-refractivity contribution in [1.82, 2.24) is 14.5 Å². The molecule has 0 aliphatic heterocycles. The van der Waals surface area contributed by atoms with Crippen LogP contribution in [0.3, 0.4) is 0 Å². The van der Waals surface area contributed by atoms with E-state index in [0.29, 0.717) is 68.4 Å². The molecule has 0 bridgehead atoms. The number of fused-ring (bicyclic) bond motifs is 1. The van der Waals surface area contributed by atoms with Crippen molar-refractivity contribution in [2.45, 2.75) is 26.3 Å². The van der Waals surface area contributed by atoms with Gasteiger partial charge in [-0.05, 0) is 53.5 Å². The fourth-order valence-corrected chi connectivity index (χ4v) is 5.17. The molecular formula is C30H32BrN3O6. The molecule has 4 aromatic rings. The highest BCUT2D eigenvalue weighted by Gasteiger charge is 2.29. The minimum Gasteiger partial charge on any atom is -0.497 e. The Morgan fingerprint density at radius 2 is 1.57 bits per heavy atom. The van der Waals surface area contributed by atoms with Crippen molar-refractivity contribution in [2.24, 2.45) is 0 Å². The van der Waals surface area contributed by atoms with E-state index < -0.39 is 6.04 Å². The molecule has 0 spiro atoms. The zero-order chi connectivity index (χ0) is 29.0. The van der Waals surface area contributed by atoms with Crippen LogP contribution < -0.4 is 24.5 Å². The molecule has 9 nitrogen and oxygen atoms in total. The van der Waals surface area contributed by atoms with Crippen LogP contribution in [0.4, 0.5) is 0 Å². The number of hydrogen-bond donors (Lipinski definition) is 0. The number of ether oxygens (including phenoxy) is 4. The lowest BCUT2D eigenvalue weighted by atomic mass is 10.1. The molecule has 0 radical (unpaired) electrons. The lowest BCUT2D eigenvalue weighted by Crippen LogP contribution is -2.38. The summed E-state index contributed by atoms with van der Waals surface area (Å²) in [7, 11) is 6.15. The zero-order valence-electron chi connectivity index (χ0n) is 23.4. The quantitative estimate of drug-likeness (QED) is 0.224. The Morgan fingerprint density at radius 3 is 2.17 bits per heavy atom. The van der Waals surface area contributed by atoms with E-state index in [-0.39, 0.29) is 11.5 Å². The van der Waals surface area contributed by atoms with E-state index in [1.165, 1.54) is 18.8 Å². The summed E-state index contributed by atoms with van der Waals surface area (Å²) in [5.41, 5.74) is 1.13. The third-order valence-corrected chi connectivity index (χ3v) is 7.45. The van der Waals surface area contributed by atoms with Gasteiger partial charge in [0.25, 0.3) is 11.5 Å². The molecular weight excluding hydrogens is 578 g/mol. The van der Waals surface area contributed by atoms with Gasteiger partial charge in [-0.2, -0.15) is 0 Å². The number of carbonyl (C=O) groups is 1. The van der Waals surface area contributed by atoms with E-state index in [4.69, 9.17) is 23.9 Å². The van der Waals surface area contributed by atoms with Gasteiger partial charge in [-0.25, -0.2) is 4.98 Å². The molecule has 1 unspecified atom stereocenters. The Bertz CT molecular complexity index is 1580. The first-order chi connectivity index (χ1) is 19.3. The molecule has 210 valence electrons. The highest BCUT2D eigenvalue weighted by Crippen LogP contribution is 2.37. The van der Waals surface area contributed by atoms with Crippen LogP contribution in [0.2, 0.25) is 0 Å². The van der Waals surface area contributed by atoms with Gasteiger partial charge in [0.1, 0.15) is 28.8 Å². The largest absolute Gasteiger partial charge is 0.497 e. The maximum Gasteiger partial charge on any atom is 0.266 e. The van der Waals surface area contributed by atoms with E-state index in [9.17, 15) is 9.59 Å². The molecule has 1 atom stereocenters. The smallest absolute Gasteiger partial charge is 0.266 e.